The Morgan fingerprint density at radius 1 is 0.852 bits per heavy atom. The second kappa shape index (κ2) is 11.2. The van der Waals surface area contributed by atoms with Gasteiger partial charge < -0.3 is 26.2 Å². The third kappa shape index (κ3) is 14.1. The number of unbranched alkanes of at least 4 members (excludes halogenated alkanes) is 1. The Morgan fingerprint density at radius 3 is 1.89 bits per heavy atom. The van der Waals surface area contributed by atoms with Crippen LogP contribution >= 0.6 is 0 Å². The van der Waals surface area contributed by atoms with E-state index in [9.17, 15) is 19.5 Å². The van der Waals surface area contributed by atoms with Crippen molar-refractivity contribution < 1.29 is 24.6 Å². The van der Waals surface area contributed by atoms with E-state index in [1.807, 2.05) is 20.8 Å². The Labute approximate surface area is 162 Å². The van der Waals surface area contributed by atoms with Crippen LogP contribution in [0.15, 0.2) is 0 Å². The zero-order valence-electron chi connectivity index (χ0n) is 17.5. The second-order valence-corrected chi connectivity index (χ2v) is 8.95. The smallest absolute Gasteiger partial charge is 0.326 e. The topological polar surface area (TPSA) is 128 Å². The predicted molar refractivity (Wildman–Crippen MR) is 105 cm³/mol. The molecule has 158 valence electrons. The number of carboxylic acid groups (broad SMARTS) is 2. The molecular formula is C19H37N3O5. The molecule has 0 saturated heterocycles. The molecule has 0 aromatic heterocycles. The van der Waals surface area contributed by atoms with E-state index < -0.39 is 35.5 Å². The Hall–Kier alpha value is -1.67. The minimum absolute atomic E-state index is 0.0103. The first kappa shape index (κ1) is 25.3. The van der Waals surface area contributed by atoms with E-state index in [0.29, 0.717) is 12.8 Å². The molecule has 0 radical (unpaired) electrons. The van der Waals surface area contributed by atoms with E-state index in [4.69, 9.17) is 5.11 Å². The first-order chi connectivity index (χ1) is 12.2. The molecule has 5 N–H and O–H groups in total. The lowest BCUT2D eigenvalue weighted by molar-refractivity contribution is -0.143. The molecule has 0 aliphatic rings. The van der Waals surface area contributed by atoms with E-state index in [2.05, 4.69) is 36.7 Å². The molecule has 27 heavy (non-hydrogen) atoms. The summed E-state index contributed by atoms with van der Waals surface area (Å²) in [5.41, 5.74) is -0.395. The van der Waals surface area contributed by atoms with Crippen LogP contribution in [0.1, 0.15) is 73.6 Å². The van der Waals surface area contributed by atoms with Gasteiger partial charge in [0.1, 0.15) is 6.04 Å². The molecule has 8 nitrogen and oxygen atoms in total. The van der Waals surface area contributed by atoms with Crippen LogP contribution in [-0.4, -0.2) is 57.8 Å². The highest BCUT2D eigenvalue weighted by atomic mass is 16.4. The standard InChI is InChI=1S/C19H37N3O5/c1-18(2,3)20-12-8-7-9-14(17(26)27)21-16(25)13(10-11-15(23)24)22-19(4,5)6/h13-14,20,22H,7-12H2,1-6H3,(H,21,25)(H,23,24)(H,26,27)/t13-,14-/m0/s1. The average Bonchev–Trinajstić information content (AvgIpc) is 2.47. The van der Waals surface area contributed by atoms with Crippen molar-refractivity contribution in [3.63, 3.8) is 0 Å². The van der Waals surface area contributed by atoms with Gasteiger partial charge in [0.25, 0.3) is 0 Å². The maximum absolute atomic E-state index is 12.5. The van der Waals surface area contributed by atoms with Crippen molar-refractivity contribution in [2.45, 2.75) is 96.8 Å². The summed E-state index contributed by atoms with van der Waals surface area (Å²) >= 11 is 0. The number of carbonyl (C=O) groups excluding carboxylic acids is 1. The molecule has 0 saturated carbocycles. The van der Waals surface area contributed by atoms with Gasteiger partial charge >= 0.3 is 11.9 Å². The zero-order chi connectivity index (χ0) is 21.3. The van der Waals surface area contributed by atoms with Crippen molar-refractivity contribution >= 4 is 17.8 Å². The van der Waals surface area contributed by atoms with E-state index in [0.717, 1.165) is 13.0 Å². The minimum atomic E-state index is -1.08. The van der Waals surface area contributed by atoms with E-state index in [1.165, 1.54) is 0 Å². The van der Waals surface area contributed by atoms with Gasteiger partial charge in [-0.25, -0.2) is 4.79 Å². The lowest BCUT2D eigenvalue weighted by Crippen LogP contribution is -2.54. The first-order valence-corrected chi connectivity index (χ1v) is 9.49. The van der Waals surface area contributed by atoms with Crippen LogP contribution in [0.4, 0.5) is 0 Å². The van der Waals surface area contributed by atoms with Crippen molar-refractivity contribution in [1.82, 2.24) is 16.0 Å². The lowest BCUT2D eigenvalue weighted by Gasteiger charge is -2.28. The normalized spacial score (nSPS) is 14.4. The molecule has 0 rings (SSSR count). The summed E-state index contributed by atoms with van der Waals surface area (Å²) in [6.45, 7) is 12.6. The molecule has 8 heteroatoms. The van der Waals surface area contributed by atoms with Crippen molar-refractivity contribution in [1.29, 1.82) is 0 Å². The summed E-state index contributed by atoms with van der Waals surface area (Å²) < 4.78 is 0. The molecule has 0 unspecified atom stereocenters. The largest absolute Gasteiger partial charge is 0.481 e. The summed E-state index contributed by atoms with van der Waals surface area (Å²) in [5.74, 6) is -2.56. The maximum Gasteiger partial charge on any atom is 0.326 e. The Morgan fingerprint density at radius 2 is 1.44 bits per heavy atom. The number of hydrogen-bond donors (Lipinski definition) is 5. The number of amides is 1. The number of hydrogen-bond acceptors (Lipinski definition) is 5. The van der Waals surface area contributed by atoms with Gasteiger partial charge in [-0.05, 0) is 73.8 Å². The van der Waals surface area contributed by atoms with E-state index in [-0.39, 0.29) is 18.4 Å². The van der Waals surface area contributed by atoms with E-state index in [1.54, 1.807) is 0 Å². The number of aliphatic carboxylic acids is 2. The van der Waals surface area contributed by atoms with Gasteiger partial charge in [-0.2, -0.15) is 0 Å². The van der Waals surface area contributed by atoms with Crippen LogP contribution in [0, 0.1) is 0 Å². The summed E-state index contributed by atoms with van der Waals surface area (Å²) in [7, 11) is 0. The Kier molecular flexibility index (Phi) is 10.5. The van der Waals surface area contributed by atoms with Gasteiger partial charge in [-0.15, -0.1) is 0 Å². The zero-order valence-corrected chi connectivity index (χ0v) is 17.5. The van der Waals surface area contributed by atoms with Gasteiger partial charge in [-0.1, -0.05) is 0 Å². The van der Waals surface area contributed by atoms with Crippen LogP contribution < -0.4 is 16.0 Å². The highest BCUT2D eigenvalue weighted by Gasteiger charge is 2.28. The van der Waals surface area contributed by atoms with Gasteiger partial charge in [0.05, 0.1) is 6.04 Å². The van der Waals surface area contributed by atoms with Crippen molar-refractivity contribution in [2.24, 2.45) is 0 Å². The summed E-state index contributed by atoms with van der Waals surface area (Å²) in [5, 5.41) is 27.2. The van der Waals surface area contributed by atoms with Crippen LogP contribution in [0.3, 0.4) is 0 Å². The molecule has 0 aromatic carbocycles. The summed E-state index contributed by atoms with van der Waals surface area (Å²) in [6, 6.07) is -1.74. The molecule has 0 aliphatic carbocycles. The van der Waals surface area contributed by atoms with Crippen molar-refractivity contribution in [3.8, 4) is 0 Å². The van der Waals surface area contributed by atoms with Gasteiger partial charge in [0.2, 0.25) is 5.91 Å². The number of carboxylic acids is 2. The average molecular weight is 388 g/mol. The monoisotopic (exact) mass is 387 g/mol. The SMILES string of the molecule is CC(C)(C)NCCCC[C@H](NC(=O)[C@H](CCC(=O)O)NC(C)(C)C)C(=O)O. The maximum atomic E-state index is 12.5. The third-order valence-electron chi connectivity index (χ3n) is 3.76. The van der Waals surface area contributed by atoms with E-state index >= 15 is 0 Å². The van der Waals surface area contributed by atoms with Crippen molar-refractivity contribution in [3.05, 3.63) is 0 Å². The molecule has 0 spiro atoms. The molecule has 0 fully saturated rings. The third-order valence-corrected chi connectivity index (χ3v) is 3.76. The fourth-order valence-corrected chi connectivity index (χ4v) is 2.53. The molecule has 2 atom stereocenters. The fourth-order valence-electron chi connectivity index (χ4n) is 2.53. The van der Waals surface area contributed by atoms with Gasteiger partial charge in [0, 0.05) is 17.5 Å². The highest BCUT2D eigenvalue weighted by molar-refractivity contribution is 5.87. The van der Waals surface area contributed by atoms with Crippen LogP contribution in [-0.2, 0) is 14.4 Å². The van der Waals surface area contributed by atoms with Crippen LogP contribution in [0.5, 0.6) is 0 Å². The molecule has 0 heterocycles. The first-order valence-electron chi connectivity index (χ1n) is 9.49. The Balaban J connectivity index is 4.69. The predicted octanol–water partition coefficient (Wildman–Crippen LogP) is 1.74. The van der Waals surface area contributed by atoms with Crippen LogP contribution in [0.25, 0.3) is 0 Å². The molecular weight excluding hydrogens is 350 g/mol. The lowest BCUT2D eigenvalue weighted by atomic mass is 10.0. The fraction of sp³-hybridized carbons (Fsp3) is 0.842. The van der Waals surface area contributed by atoms with Crippen LogP contribution in [0.2, 0.25) is 0 Å². The van der Waals surface area contributed by atoms with Gasteiger partial charge in [0.15, 0.2) is 0 Å². The second-order valence-electron chi connectivity index (χ2n) is 8.95. The quantitative estimate of drug-likeness (QED) is 0.323. The molecule has 0 aliphatic heterocycles. The summed E-state index contributed by atoms with van der Waals surface area (Å²) in [4.78, 5) is 34.8. The molecule has 0 aromatic rings. The van der Waals surface area contributed by atoms with Crippen molar-refractivity contribution in [2.75, 3.05) is 6.54 Å². The highest BCUT2D eigenvalue weighted by Crippen LogP contribution is 2.09. The Bertz CT molecular complexity index is 495. The number of rotatable bonds is 12. The molecule has 0 bridgehead atoms. The summed E-state index contributed by atoms with van der Waals surface area (Å²) in [6.07, 6.45) is 1.72. The molecule has 1 amide bonds. The minimum Gasteiger partial charge on any atom is -0.481 e. The number of nitrogens with one attached hydrogen (secondary N) is 3. The van der Waals surface area contributed by atoms with Gasteiger partial charge in [-0.3, -0.25) is 9.59 Å². The number of carbonyl (C=O) groups is 3.